The van der Waals surface area contributed by atoms with Gasteiger partial charge in [0.05, 0.1) is 5.56 Å². The van der Waals surface area contributed by atoms with Crippen molar-refractivity contribution < 1.29 is 22.5 Å². The molecule has 0 bridgehead atoms. The Morgan fingerprint density at radius 2 is 1.46 bits per heavy atom. The summed E-state index contributed by atoms with van der Waals surface area (Å²) in [6.07, 6.45) is -2.77. The summed E-state index contributed by atoms with van der Waals surface area (Å²) in [5.41, 5.74) is 0.934. The molecule has 3 rings (SSSR count). The first-order valence-electron chi connectivity index (χ1n) is 7.72. The second-order valence-electron chi connectivity index (χ2n) is 5.60. The summed E-state index contributed by atoms with van der Waals surface area (Å²) in [5.74, 6) is 0.842. The Balaban J connectivity index is 1.88. The van der Waals surface area contributed by atoms with Crippen molar-refractivity contribution >= 4 is 11.2 Å². The predicted molar refractivity (Wildman–Crippen MR) is 95.7 cm³/mol. The molecule has 0 aromatic heterocycles. The molecule has 0 amide bonds. The molecule has 6 heteroatoms. The van der Waals surface area contributed by atoms with Crippen LogP contribution in [0.3, 0.4) is 0 Å². The molecule has 1 atom stereocenters. The van der Waals surface area contributed by atoms with E-state index in [1.54, 1.807) is 30.5 Å². The maximum Gasteiger partial charge on any atom is 0.416 e. The van der Waals surface area contributed by atoms with Crippen molar-refractivity contribution in [3.8, 4) is 22.6 Å². The number of para-hydroxylation sites is 1. The van der Waals surface area contributed by atoms with Gasteiger partial charge in [-0.3, -0.25) is 0 Å². The lowest BCUT2D eigenvalue weighted by Gasteiger charge is -2.13. The molecular weight excluding hydrogens is 361 g/mol. The molecule has 0 aliphatic carbocycles. The third-order valence-corrected chi connectivity index (χ3v) is 4.73. The summed E-state index contributed by atoms with van der Waals surface area (Å²) in [7, 11) is 0. The van der Waals surface area contributed by atoms with Crippen molar-refractivity contribution in [3.63, 3.8) is 0 Å². The average molecular weight is 376 g/mol. The molecule has 0 saturated carbocycles. The van der Waals surface area contributed by atoms with Gasteiger partial charge in [-0.1, -0.05) is 18.2 Å². The molecule has 3 aromatic rings. The SMILES string of the molecule is C[S+]([O-])c1ccc(-c2ccccc2Oc2ccc(C(F)(F)F)cc2)cc1. The van der Waals surface area contributed by atoms with Crippen LogP contribution in [0, 0.1) is 0 Å². The van der Waals surface area contributed by atoms with Crippen LogP contribution in [0.1, 0.15) is 5.56 Å². The van der Waals surface area contributed by atoms with Crippen LogP contribution in [0.5, 0.6) is 11.5 Å². The Bertz CT molecular complexity index is 873. The summed E-state index contributed by atoms with van der Waals surface area (Å²) < 4.78 is 55.3. The van der Waals surface area contributed by atoms with Crippen molar-refractivity contribution in [2.45, 2.75) is 11.1 Å². The highest BCUT2D eigenvalue weighted by Gasteiger charge is 2.30. The molecule has 1 unspecified atom stereocenters. The van der Waals surface area contributed by atoms with Crippen molar-refractivity contribution in [2.24, 2.45) is 0 Å². The molecule has 0 fully saturated rings. The second-order valence-corrected chi connectivity index (χ2v) is 6.98. The van der Waals surface area contributed by atoms with Gasteiger partial charge in [-0.15, -0.1) is 0 Å². The van der Waals surface area contributed by atoms with Crippen LogP contribution in [0.4, 0.5) is 13.2 Å². The lowest BCUT2D eigenvalue weighted by Crippen LogP contribution is -2.04. The van der Waals surface area contributed by atoms with Crippen LogP contribution < -0.4 is 4.74 Å². The number of hydrogen-bond donors (Lipinski definition) is 0. The topological polar surface area (TPSA) is 32.3 Å². The van der Waals surface area contributed by atoms with Gasteiger partial charge in [-0.25, -0.2) is 0 Å². The third-order valence-electron chi connectivity index (χ3n) is 3.79. The first-order chi connectivity index (χ1) is 12.3. The summed E-state index contributed by atoms with van der Waals surface area (Å²) in [6, 6.07) is 19.0. The zero-order valence-corrected chi connectivity index (χ0v) is 14.6. The minimum absolute atomic E-state index is 0.316. The number of benzene rings is 3. The monoisotopic (exact) mass is 376 g/mol. The average Bonchev–Trinajstić information content (AvgIpc) is 2.62. The van der Waals surface area contributed by atoms with Gasteiger partial charge in [0.25, 0.3) is 0 Å². The van der Waals surface area contributed by atoms with E-state index in [2.05, 4.69) is 0 Å². The molecule has 26 heavy (non-hydrogen) atoms. The van der Waals surface area contributed by atoms with Crippen molar-refractivity contribution in [2.75, 3.05) is 6.26 Å². The fourth-order valence-corrected chi connectivity index (χ4v) is 2.98. The Labute approximate surface area is 152 Å². The fourth-order valence-electron chi connectivity index (χ4n) is 2.46. The molecule has 0 radical (unpaired) electrons. The second kappa shape index (κ2) is 7.43. The highest BCUT2D eigenvalue weighted by atomic mass is 32.2. The Hall–Kier alpha value is -2.44. The summed E-state index contributed by atoms with van der Waals surface area (Å²) in [4.78, 5) is 0.717. The minimum atomic E-state index is -4.38. The van der Waals surface area contributed by atoms with E-state index in [1.807, 2.05) is 24.3 Å². The number of halogens is 3. The van der Waals surface area contributed by atoms with E-state index in [-0.39, 0.29) is 0 Å². The van der Waals surface area contributed by atoms with Gasteiger partial charge in [-0.05, 0) is 71.3 Å². The first kappa shape index (κ1) is 18.4. The largest absolute Gasteiger partial charge is 0.612 e. The van der Waals surface area contributed by atoms with Gasteiger partial charge in [0, 0.05) is 5.56 Å². The van der Waals surface area contributed by atoms with Gasteiger partial charge >= 0.3 is 6.18 Å². The van der Waals surface area contributed by atoms with Crippen LogP contribution in [0.15, 0.2) is 77.7 Å². The fraction of sp³-hybridized carbons (Fsp3) is 0.100. The van der Waals surface area contributed by atoms with Crippen molar-refractivity contribution in [1.82, 2.24) is 0 Å². The van der Waals surface area contributed by atoms with Gasteiger partial charge in [0.2, 0.25) is 0 Å². The van der Waals surface area contributed by atoms with Crippen molar-refractivity contribution in [1.29, 1.82) is 0 Å². The van der Waals surface area contributed by atoms with Crippen LogP contribution in [-0.2, 0) is 17.4 Å². The predicted octanol–water partition coefficient (Wildman–Crippen LogP) is 5.90. The van der Waals surface area contributed by atoms with E-state index < -0.39 is 22.9 Å². The lowest BCUT2D eigenvalue weighted by molar-refractivity contribution is -0.137. The number of rotatable bonds is 4. The molecule has 0 N–H and O–H groups in total. The Morgan fingerprint density at radius 3 is 2.04 bits per heavy atom. The lowest BCUT2D eigenvalue weighted by atomic mass is 10.0. The van der Waals surface area contributed by atoms with Crippen LogP contribution in [0.2, 0.25) is 0 Å². The van der Waals surface area contributed by atoms with Gasteiger partial charge in [0.1, 0.15) is 17.8 Å². The zero-order valence-electron chi connectivity index (χ0n) is 13.8. The normalized spacial score (nSPS) is 12.7. The van der Waals surface area contributed by atoms with E-state index >= 15 is 0 Å². The smallest absolute Gasteiger partial charge is 0.416 e. The molecule has 0 spiro atoms. The van der Waals surface area contributed by atoms with E-state index in [4.69, 9.17) is 4.74 Å². The summed E-state index contributed by atoms with van der Waals surface area (Å²) >= 11 is -1.06. The Morgan fingerprint density at radius 1 is 0.846 bits per heavy atom. The quantitative estimate of drug-likeness (QED) is 0.531. The third kappa shape index (κ3) is 4.20. The van der Waals surface area contributed by atoms with Gasteiger partial charge in [0.15, 0.2) is 4.90 Å². The summed E-state index contributed by atoms with van der Waals surface area (Å²) in [6.45, 7) is 0. The molecular formula is C20H15F3O2S. The molecule has 3 aromatic carbocycles. The van der Waals surface area contributed by atoms with Crippen LogP contribution in [-0.4, -0.2) is 10.8 Å². The van der Waals surface area contributed by atoms with Gasteiger partial charge in [-0.2, -0.15) is 13.2 Å². The molecule has 0 aliphatic rings. The molecule has 0 saturated heterocycles. The highest BCUT2D eigenvalue weighted by molar-refractivity contribution is 7.90. The van der Waals surface area contributed by atoms with E-state index in [0.29, 0.717) is 11.5 Å². The molecule has 134 valence electrons. The number of hydrogen-bond acceptors (Lipinski definition) is 2. The Kier molecular flexibility index (Phi) is 5.25. The van der Waals surface area contributed by atoms with E-state index in [9.17, 15) is 17.7 Å². The van der Waals surface area contributed by atoms with Crippen LogP contribution >= 0.6 is 0 Å². The van der Waals surface area contributed by atoms with Crippen molar-refractivity contribution in [3.05, 3.63) is 78.4 Å². The molecule has 0 heterocycles. The summed E-state index contributed by atoms with van der Waals surface area (Å²) in [5, 5.41) is 0. The highest BCUT2D eigenvalue weighted by Crippen LogP contribution is 2.35. The van der Waals surface area contributed by atoms with E-state index in [1.165, 1.54) is 12.1 Å². The minimum Gasteiger partial charge on any atom is -0.612 e. The zero-order chi connectivity index (χ0) is 18.7. The molecule has 2 nitrogen and oxygen atoms in total. The molecule has 0 aliphatic heterocycles. The first-order valence-corrected chi connectivity index (χ1v) is 9.28. The van der Waals surface area contributed by atoms with Crippen LogP contribution in [0.25, 0.3) is 11.1 Å². The number of ether oxygens (including phenoxy) is 1. The maximum atomic E-state index is 12.7. The standard InChI is InChI=1S/C20H15F3O2S/c1-26(24)17-12-6-14(7-13-17)18-4-2-3-5-19(18)25-16-10-8-15(9-11-16)20(21,22)23/h2-13H,1H3. The van der Waals surface area contributed by atoms with Gasteiger partial charge < -0.3 is 9.29 Å². The number of alkyl halides is 3. The maximum absolute atomic E-state index is 12.7. The van der Waals surface area contributed by atoms with E-state index in [0.717, 1.165) is 28.2 Å².